The van der Waals surface area contributed by atoms with Crippen LogP contribution in [0.4, 0.5) is 0 Å². The Hall–Kier alpha value is -1.73. The molecule has 1 spiro atoms. The minimum absolute atomic E-state index is 0.000136. The summed E-state index contributed by atoms with van der Waals surface area (Å²) in [5.41, 5.74) is 0.128. The number of Topliss-reactive ketones (excluding diaryl/α,β-unsaturated/α-hetero) is 1. The van der Waals surface area contributed by atoms with E-state index < -0.39 is 0 Å². The molecule has 0 bridgehead atoms. The van der Waals surface area contributed by atoms with Gasteiger partial charge in [0.15, 0.2) is 5.78 Å². The molecule has 0 aliphatic carbocycles. The molecule has 0 saturated carbocycles. The van der Waals surface area contributed by atoms with E-state index in [-0.39, 0.29) is 29.1 Å². The van der Waals surface area contributed by atoms with Gasteiger partial charge in [-0.3, -0.25) is 14.4 Å². The maximum atomic E-state index is 12.8. The summed E-state index contributed by atoms with van der Waals surface area (Å²) in [5.74, 6) is 0.269. The summed E-state index contributed by atoms with van der Waals surface area (Å²) in [6, 6.07) is 3.50. The number of amides is 2. The van der Waals surface area contributed by atoms with E-state index >= 15 is 0 Å². The van der Waals surface area contributed by atoms with E-state index in [1.807, 2.05) is 9.80 Å². The van der Waals surface area contributed by atoms with Crippen molar-refractivity contribution in [2.24, 2.45) is 5.41 Å². The van der Waals surface area contributed by atoms with Gasteiger partial charge in [0, 0.05) is 39.2 Å². The molecule has 3 aliphatic rings. The molecule has 0 radical (unpaired) electrons. The quantitative estimate of drug-likeness (QED) is 0.724. The van der Waals surface area contributed by atoms with E-state index in [2.05, 4.69) is 0 Å². The molecule has 2 amide bonds. The highest BCUT2D eigenvalue weighted by Gasteiger charge is 2.42. The molecule has 4 rings (SSSR count). The predicted octanol–water partition coefficient (Wildman–Crippen LogP) is 2.97. The van der Waals surface area contributed by atoms with E-state index in [1.54, 1.807) is 12.1 Å². The summed E-state index contributed by atoms with van der Waals surface area (Å²) >= 11 is 1.28. The zero-order chi connectivity index (χ0) is 19.7. The van der Waals surface area contributed by atoms with Crippen LogP contribution in [0.5, 0.6) is 0 Å². The SMILES string of the molecule is CC(=O)c1ccc(C(=O)N2CCC3(CCC(=O)N(CC4CCCO4)C3)CC2)s1. The predicted molar refractivity (Wildman–Crippen MR) is 107 cm³/mol. The largest absolute Gasteiger partial charge is 0.376 e. The number of hydrogen-bond acceptors (Lipinski definition) is 5. The minimum atomic E-state index is -0.000136. The molecule has 28 heavy (non-hydrogen) atoms. The summed E-state index contributed by atoms with van der Waals surface area (Å²) in [6.07, 6.45) is 5.70. The van der Waals surface area contributed by atoms with Gasteiger partial charge in [0.2, 0.25) is 5.91 Å². The Morgan fingerprint density at radius 3 is 2.61 bits per heavy atom. The normalized spacial score (nSPS) is 24.8. The van der Waals surface area contributed by atoms with Gasteiger partial charge in [-0.1, -0.05) is 0 Å². The van der Waals surface area contributed by atoms with Crippen molar-refractivity contribution < 1.29 is 19.1 Å². The van der Waals surface area contributed by atoms with Crippen LogP contribution in [-0.2, 0) is 9.53 Å². The molecule has 1 atom stereocenters. The van der Waals surface area contributed by atoms with E-state index in [9.17, 15) is 14.4 Å². The van der Waals surface area contributed by atoms with E-state index in [0.29, 0.717) is 35.8 Å². The van der Waals surface area contributed by atoms with Crippen LogP contribution in [0.25, 0.3) is 0 Å². The van der Waals surface area contributed by atoms with E-state index in [1.165, 1.54) is 18.3 Å². The molecular weight excluding hydrogens is 376 g/mol. The highest BCUT2D eigenvalue weighted by atomic mass is 32.1. The Balaban J connectivity index is 1.36. The van der Waals surface area contributed by atoms with Crippen molar-refractivity contribution in [3.8, 4) is 0 Å². The molecule has 1 unspecified atom stereocenters. The third kappa shape index (κ3) is 4.01. The van der Waals surface area contributed by atoms with E-state index in [0.717, 1.165) is 45.3 Å². The molecule has 0 aromatic carbocycles. The van der Waals surface area contributed by atoms with Gasteiger partial charge < -0.3 is 14.5 Å². The number of rotatable bonds is 4. The Kier molecular flexibility index (Phi) is 5.56. The number of ketones is 1. The zero-order valence-corrected chi connectivity index (χ0v) is 17.3. The van der Waals surface area contributed by atoms with Crippen molar-refractivity contribution >= 4 is 28.9 Å². The van der Waals surface area contributed by atoms with Crippen LogP contribution in [0.15, 0.2) is 12.1 Å². The lowest BCUT2D eigenvalue weighted by Gasteiger charge is -2.47. The Bertz CT molecular complexity index is 760. The molecule has 3 fully saturated rings. The number of thiophene rings is 1. The van der Waals surface area contributed by atoms with Crippen molar-refractivity contribution in [3.63, 3.8) is 0 Å². The van der Waals surface area contributed by atoms with Crippen LogP contribution >= 0.6 is 11.3 Å². The van der Waals surface area contributed by atoms with Crippen molar-refractivity contribution in [2.45, 2.75) is 51.6 Å². The molecule has 3 saturated heterocycles. The first-order valence-electron chi connectivity index (χ1n) is 10.3. The standard InChI is InChI=1S/C21H28N2O4S/c1-15(24)17-4-5-18(28-17)20(26)22-10-8-21(9-11-22)7-6-19(25)23(14-21)13-16-3-2-12-27-16/h4-5,16H,2-3,6-14H2,1H3. The van der Waals surface area contributed by atoms with Crippen LogP contribution in [0.2, 0.25) is 0 Å². The fourth-order valence-corrected chi connectivity index (χ4v) is 5.56. The van der Waals surface area contributed by atoms with E-state index in [4.69, 9.17) is 4.74 Å². The number of ether oxygens (including phenoxy) is 1. The topological polar surface area (TPSA) is 66.9 Å². The summed E-state index contributed by atoms with van der Waals surface area (Å²) in [4.78, 5) is 41.9. The smallest absolute Gasteiger partial charge is 0.263 e. The molecule has 6 nitrogen and oxygen atoms in total. The summed E-state index contributed by atoms with van der Waals surface area (Å²) in [7, 11) is 0. The maximum absolute atomic E-state index is 12.8. The monoisotopic (exact) mass is 404 g/mol. The van der Waals surface area contributed by atoms with Gasteiger partial charge >= 0.3 is 0 Å². The van der Waals surface area contributed by atoms with Crippen LogP contribution < -0.4 is 0 Å². The second kappa shape index (κ2) is 7.95. The van der Waals surface area contributed by atoms with Crippen LogP contribution in [-0.4, -0.2) is 66.3 Å². The van der Waals surface area contributed by atoms with Crippen LogP contribution in [0.3, 0.4) is 0 Å². The molecular formula is C21H28N2O4S. The van der Waals surface area contributed by atoms with Crippen LogP contribution in [0, 0.1) is 5.41 Å². The fourth-order valence-electron chi connectivity index (χ4n) is 4.69. The Labute approximate surface area is 169 Å². The highest BCUT2D eigenvalue weighted by molar-refractivity contribution is 7.15. The van der Waals surface area contributed by atoms with Gasteiger partial charge in [0.05, 0.1) is 15.9 Å². The molecule has 7 heteroatoms. The number of piperidine rings is 2. The number of nitrogens with zero attached hydrogens (tertiary/aromatic N) is 2. The first-order chi connectivity index (χ1) is 13.5. The molecule has 1 aromatic heterocycles. The molecule has 3 aliphatic heterocycles. The Morgan fingerprint density at radius 1 is 1.21 bits per heavy atom. The second-order valence-electron chi connectivity index (χ2n) is 8.42. The summed E-state index contributed by atoms with van der Waals surface area (Å²) < 4.78 is 5.73. The molecule has 1 aromatic rings. The van der Waals surface area contributed by atoms with Crippen LogP contribution in [0.1, 0.15) is 64.8 Å². The van der Waals surface area contributed by atoms with Crippen molar-refractivity contribution in [1.29, 1.82) is 0 Å². The second-order valence-corrected chi connectivity index (χ2v) is 9.51. The first-order valence-corrected chi connectivity index (χ1v) is 11.1. The first kappa shape index (κ1) is 19.6. The van der Waals surface area contributed by atoms with Crippen molar-refractivity contribution in [3.05, 3.63) is 21.9 Å². The third-order valence-electron chi connectivity index (χ3n) is 6.47. The van der Waals surface area contributed by atoms with Gasteiger partial charge in [-0.25, -0.2) is 0 Å². The lowest BCUT2D eigenvalue weighted by atomic mass is 9.72. The summed E-state index contributed by atoms with van der Waals surface area (Å²) in [5, 5.41) is 0. The Morgan fingerprint density at radius 2 is 1.96 bits per heavy atom. The molecule has 4 heterocycles. The molecule has 152 valence electrons. The number of carbonyl (C=O) groups excluding carboxylic acids is 3. The fraction of sp³-hybridized carbons (Fsp3) is 0.667. The zero-order valence-electron chi connectivity index (χ0n) is 16.4. The lowest BCUT2D eigenvalue weighted by Crippen LogP contribution is -2.53. The van der Waals surface area contributed by atoms with Gasteiger partial charge in [0.25, 0.3) is 5.91 Å². The number of carbonyl (C=O) groups is 3. The van der Waals surface area contributed by atoms with Gasteiger partial charge in [-0.2, -0.15) is 0 Å². The number of hydrogen-bond donors (Lipinski definition) is 0. The van der Waals surface area contributed by atoms with Crippen molar-refractivity contribution in [2.75, 3.05) is 32.8 Å². The van der Waals surface area contributed by atoms with Crippen molar-refractivity contribution in [1.82, 2.24) is 9.80 Å². The van der Waals surface area contributed by atoms with Gasteiger partial charge in [-0.15, -0.1) is 11.3 Å². The average molecular weight is 405 g/mol. The van der Waals surface area contributed by atoms with Gasteiger partial charge in [0.1, 0.15) is 0 Å². The minimum Gasteiger partial charge on any atom is -0.376 e. The molecule has 0 N–H and O–H groups in total. The lowest BCUT2D eigenvalue weighted by molar-refractivity contribution is -0.141. The highest BCUT2D eigenvalue weighted by Crippen LogP contribution is 2.41. The number of likely N-dealkylation sites (tertiary alicyclic amines) is 2. The third-order valence-corrected chi connectivity index (χ3v) is 7.65. The average Bonchev–Trinajstić information content (AvgIpc) is 3.37. The maximum Gasteiger partial charge on any atom is 0.263 e. The van der Waals surface area contributed by atoms with Gasteiger partial charge in [-0.05, 0) is 56.6 Å². The summed E-state index contributed by atoms with van der Waals surface area (Å²) in [6.45, 7) is 5.27.